The molecule has 1 heterocycles. The maximum atomic E-state index is 12.4. The van der Waals surface area contributed by atoms with Crippen molar-refractivity contribution in [3.8, 4) is 10.6 Å². The van der Waals surface area contributed by atoms with Gasteiger partial charge in [-0.25, -0.2) is 14.6 Å². The van der Waals surface area contributed by atoms with E-state index >= 15 is 0 Å². The van der Waals surface area contributed by atoms with E-state index in [2.05, 4.69) is 23.2 Å². The monoisotopic (exact) mass is 541 g/mol. The molecular weight excluding hydrogens is 506 g/mol. The van der Waals surface area contributed by atoms with E-state index in [0.717, 1.165) is 59.3 Å². The molecule has 0 spiro atoms. The first-order valence-corrected chi connectivity index (χ1v) is 14.5. The van der Waals surface area contributed by atoms with E-state index in [1.54, 1.807) is 11.3 Å². The smallest absolute Gasteiger partial charge is 0.338 e. The highest BCUT2D eigenvalue weighted by Crippen LogP contribution is 2.30. The molecular formula is C33H35NO4S. The van der Waals surface area contributed by atoms with E-state index in [1.165, 1.54) is 12.0 Å². The van der Waals surface area contributed by atoms with Crippen molar-refractivity contribution in [2.45, 2.75) is 51.9 Å². The molecule has 0 saturated heterocycles. The Kier molecular flexibility index (Phi) is 10.8. The predicted octanol–water partition coefficient (Wildman–Crippen LogP) is 8.44. The second-order valence-corrected chi connectivity index (χ2v) is 10.4. The molecule has 0 aliphatic carbocycles. The summed E-state index contributed by atoms with van der Waals surface area (Å²) in [5.41, 5.74) is 4.34. The Morgan fingerprint density at radius 1 is 0.769 bits per heavy atom. The first kappa shape index (κ1) is 28.2. The Labute approximate surface area is 234 Å². The number of unbranched alkanes of at least 4 members (excludes halogenated alkanes) is 5. The van der Waals surface area contributed by atoms with Crippen LogP contribution in [0.25, 0.3) is 20.8 Å². The van der Waals surface area contributed by atoms with Crippen LogP contribution in [-0.2, 0) is 15.9 Å². The molecule has 1 aromatic heterocycles. The van der Waals surface area contributed by atoms with Crippen molar-refractivity contribution in [3.05, 3.63) is 102 Å². The van der Waals surface area contributed by atoms with E-state index < -0.39 is 0 Å². The second-order valence-electron chi connectivity index (χ2n) is 9.35. The van der Waals surface area contributed by atoms with Gasteiger partial charge in [-0.15, -0.1) is 11.3 Å². The lowest BCUT2D eigenvalue weighted by atomic mass is 10.1. The fourth-order valence-electron chi connectivity index (χ4n) is 4.22. The summed E-state index contributed by atoms with van der Waals surface area (Å²) in [6, 6.07) is 23.2. The zero-order valence-corrected chi connectivity index (χ0v) is 23.3. The Morgan fingerprint density at radius 2 is 1.44 bits per heavy atom. The number of para-hydroxylation sites is 1. The standard InChI is InChI=1S/C33H35NO4S/c1-2-37-32(35)27-18-16-25(17-19-27)13-9-7-5-3-4-6-8-12-24-38-33(36)28-22-20-26(21-23-28)31-34-29-14-10-11-15-30(29)39-31/h7,9-11,14-23H,2-6,8,12-13,24H2,1H3/b9-7+. The Morgan fingerprint density at radius 3 is 2.18 bits per heavy atom. The van der Waals surface area contributed by atoms with Gasteiger partial charge in [-0.2, -0.15) is 0 Å². The summed E-state index contributed by atoms with van der Waals surface area (Å²) >= 11 is 1.65. The summed E-state index contributed by atoms with van der Waals surface area (Å²) in [6.45, 7) is 2.65. The van der Waals surface area contributed by atoms with Crippen molar-refractivity contribution < 1.29 is 19.1 Å². The third-order valence-corrected chi connectivity index (χ3v) is 7.48. The van der Waals surface area contributed by atoms with E-state index in [9.17, 15) is 9.59 Å². The van der Waals surface area contributed by atoms with E-state index in [-0.39, 0.29) is 11.9 Å². The first-order valence-electron chi connectivity index (χ1n) is 13.7. The van der Waals surface area contributed by atoms with Crippen LogP contribution in [0.1, 0.15) is 71.7 Å². The number of aromatic nitrogens is 1. The van der Waals surface area contributed by atoms with Gasteiger partial charge in [-0.05, 0) is 74.6 Å². The highest BCUT2D eigenvalue weighted by molar-refractivity contribution is 7.21. The molecule has 0 unspecified atom stereocenters. The quantitative estimate of drug-likeness (QED) is 0.0910. The molecule has 202 valence electrons. The first-order chi connectivity index (χ1) is 19.1. The van der Waals surface area contributed by atoms with Crippen molar-refractivity contribution in [2.24, 2.45) is 0 Å². The fraction of sp³-hybridized carbons (Fsp3) is 0.303. The SMILES string of the molecule is CCOC(=O)c1ccc(C/C=C/CCCCCCCOC(=O)c2ccc(-c3nc4ccccc4s3)cc2)cc1. The highest BCUT2D eigenvalue weighted by Gasteiger charge is 2.10. The summed E-state index contributed by atoms with van der Waals surface area (Å²) in [4.78, 5) is 28.8. The zero-order chi connectivity index (χ0) is 27.3. The van der Waals surface area contributed by atoms with Crippen LogP contribution < -0.4 is 0 Å². The number of nitrogens with zero attached hydrogens (tertiary/aromatic N) is 1. The van der Waals surface area contributed by atoms with Gasteiger partial charge < -0.3 is 9.47 Å². The van der Waals surface area contributed by atoms with Crippen molar-refractivity contribution in [3.63, 3.8) is 0 Å². The number of carbonyl (C=O) groups is 2. The molecule has 0 bridgehead atoms. The lowest BCUT2D eigenvalue weighted by Gasteiger charge is -2.05. The number of carbonyl (C=O) groups excluding carboxylic acids is 2. The molecule has 0 atom stereocenters. The Bertz CT molecular complexity index is 1340. The lowest BCUT2D eigenvalue weighted by Crippen LogP contribution is -2.06. The maximum absolute atomic E-state index is 12.4. The molecule has 0 saturated carbocycles. The topological polar surface area (TPSA) is 65.5 Å². The van der Waals surface area contributed by atoms with Gasteiger partial charge in [0.1, 0.15) is 5.01 Å². The van der Waals surface area contributed by atoms with Gasteiger partial charge in [0.15, 0.2) is 0 Å². The minimum Gasteiger partial charge on any atom is -0.462 e. The number of esters is 2. The summed E-state index contributed by atoms with van der Waals surface area (Å²) in [5, 5.41) is 0.953. The molecule has 4 aromatic rings. The highest BCUT2D eigenvalue weighted by atomic mass is 32.1. The van der Waals surface area contributed by atoms with Gasteiger partial charge >= 0.3 is 11.9 Å². The van der Waals surface area contributed by atoms with Crippen LogP contribution in [0.15, 0.2) is 84.9 Å². The number of benzene rings is 3. The minimum atomic E-state index is -0.274. The minimum absolute atomic E-state index is 0.272. The van der Waals surface area contributed by atoms with Gasteiger partial charge in [0.05, 0.1) is 34.6 Å². The van der Waals surface area contributed by atoms with Crippen LogP contribution in [-0.4, -0.2) is 30.1 Å². The van der Waals surface area contributed by atoms with E-state index in [4.69, 9.17) is 9.47 Å². The number of fused-ring (bicyclic) bond motifs is 1. The predicted molar refractivity (Wildman–Crippen MR) is 158 cm³/mol. The fourth-order valence-corrected chi connectivity index (χ4v) is 5.19. The molecule has 0 aliphatic heterocycles. The van der Waals surface area contributed by atoms with Crippen LogP contribution in [0, 0.1) is 0 Å². The molecule has 3 aromatic carbocycles. The van der Waals surface area contributed by atoms with Crippen LogP contribution in [0.2, 0.25) is 0 Å². The van der Waals surface area contributed by atoms with Crippen LogP contribution in [0.5, 0.6) is 0 Å². The molecule has 6 heteroatoms. The maximum Gasteiger partial charge on any atom is 0.338 e. The molecule has 0 amide bonds. The average Bonchev–Trinajstić information content (AvgIpc) is 3.41. The largest absolute Gasteiger partial charge is 0.462 e. The number of thiazole rings is 1. The molecule has 0 radical (unpaired) electrons. The zero-order valence-electron chi connectivity index (χ0n) is 22.4. The van der Waals surface area contributed by atoms with Crippen LogP contribution in [0.3, 0.4) is 0 Å². The number of hydrogen-bond donors (Lipinski definition) is 0. The summed E-state index contributed by atoms with van der Waals surface area (Å²) in [5.74, 6) is -0.545. The van der Waals surface area contributed by atoms with Crippen molar-refractivity contribution >= 4 is 33.5 Å². The summed E-state index contributed by atoms with van der Waals surface area (Å²) in [6.07, 6.45) is 11.7. The Balaban J connectivity index is 1.05. The number of ether oxygens (including phenoxy) is 2. The third-order valence-electron chi connectivity index (χ3n) is 6.40. The molecule has 0 aliphatic rings. The van der Waals surface area contributed by atoms with Gasteiger partial charge in [0.2, 0.25) is 0 Å². The molecule has 5 nitrogen and oxygen atoms in total. The third kappa shape index (κ3) is 8.62. The van der Waals surface area contributed by atoms with Crippen molar-refractivity contribution in [1.29, 1.82) is 0 Å². The average molecular weight is 542 g/mol. The second kappa shape index (κ2) is 15.0. The van der Waals surface area contributed by atoms with Crippen molar-refractivity contribution in [1.82, 2.24) is 4.98 Å². The van der Waals surface area contributed by atoms with E-state index in [1.807, 2.05) is 73.7 Å². The number of allylic oxidation sites excluding steroid dienone is 2. The van der Waals surface area contributed by atoms with Crippen molar-refractivity contribution in [2.75, 3.05) is 13.2 Å². The lowest BCUT2D eigenvalue weighted by molar-refractivity contribution is 0.0495. The molecule has 39 heavy (non-hydrogen) atoms. The summed E-state index contributed by atoms with van der Waals surface area (Å²) < 4.78 is 11.6. The Hall–Kier alpha value is -3.77. The molecule has 4 rings (SSSR count). The normalized spacial score (nSPS) is 11.2. The van der Waals surface area contributed by atoms with Crippen LogP contribution >= 0.6 is 11.3 Å². The molecule has 0 N–H and O–H groups in total. The van der Waals surface area contributed by atoms with E-state index in [0.29, 0.717) is 24.3 Å². The number of rotatable bonds is 14. The number of hydrogen-bond acceptors (Lipinski definition) is 6. The van der Waals surface area contributed by atoms with Gasteiger partial charge in [-0.1, -0.05) is 67.8 Å². The summed E-state index contributed by atoms with van der Waals surface area (Å²) in [7, 11) is 0. The van der Waals surface area contributed by atoms with Crippen LogP contribution in [0.4, 0.5) is 0 Å². The van der Waals surface area contributed by atoms with Gasteiger partial charge in [-0.3, -0.25) is 0 Å². The molecule has 0 fully saturated rings. The van der Waals surface area contributed by atoms with Gasteiger partial charge in [0, 0.05) is 5.56 Å². The van der Waals surface area contributed by atoms with Gasteiger partial charge in [0.25, 0.3) is 0 Å².